The Hall–Kier alpha value is -2.48. The van der Waals surface area contributed by atoms with Gasteiger partial charge in [-0.25, -0.2) is 4.79 Å². The Labute approximate surface area is 122 Å². The zero-order valence-electron chi connectivity index (χ0n) is 11.9. The van der Waals surface area contributed by atoms with E-state index in [1.807, 2.05) is 19.1 Å². The van der Waals surface area contributed by atoms with Gasteiger partial charge in [0.15, 0.2) is 5.56 Å². The van der Waals surface area contributed by atoms with Crippen molar-refractivity contribution >= 4 is 16.7 Å². The minimum absolute atomic E-state index is 0.0815. The molecule has 0 unspecified atom stereocenters. The van der Waals surface area contributed by atoms with Gasteiger partial charge in [0.25, 0.3) is 0 Å². The number of ether oxygens (including phenoxy) is 1. The fraction of sp³-hybridized carbons (Fsp3) is 0.375. The summed E-state index contributed by atoms with van der Waals surface area (Å²) in [7, 11) is 0. The number of rotatable bonds is 3. The average molecular weight is 284 g/mol. The predicted molar refractivity (Wildman–Crippen MR) is 79.8 cm³/mol. The molecular weight excluding hydrogens is 268 g/mol. The first-order valence-corrected chi connectivity index (χ1v) is 7.13. The molecule has 0 aliphatic carbocycles. The molecule has 1 saturated heterocycles. The largest absolute Gasteiger partial charge is 0.494 e. The minimum atomic E-state index is -0.573. The van der Waals surface area contributed by atoms with Gasteiger partial charge in [-0.2, -0.15) is 5.26 Å². The van der Waals surface area contributed by atoms with Crippen LogP contribution in [0.1, 0.15) is 25.3 Å². The van der Waals surface area contributed by atoms with E-state index < -0.39 is 5.63 Å². The molecule has 0 bridgehead atoms. The molecule has 0 saturated carbocycles. The van der Waals surface area contributed by atoms with Crippen molar-refractivity contribution in [3.63, 3.8) is 0 Å². The summed E-state index contributed by atoms with van der Waals surface area (Å²) in [5.41, 5.74) is 0.682. The number of anilines is 1. The van der Waals surface area contributed by atoms with Crippen LogP contribution in [0.25, 0.3) is 11.0 Å². The van der Waals surface area contributed by atoms with E-state index in [9.17, 15) is 10.1 Å². The third-order valence-corrected chi connectivity index (χ3v) is 3.69. The number of fused-ring (bicyclic) bond motifs is 1. The van der Waals surface area contributed by atoms with Crippen LogP contribution in [-0.4, -0.2) is 19.7 Å². The van der Waals surface area contributed by atoms with Crippen LogP contribution in [0.15, 0.2) is 27.4 Å². The molecule has 1 aromatic carbocycles. The monoisotopic (exact) mass is 284 g/mol. The van der Waals surface area contributed by atoms with Crippen LogP contribution in [0.4, 0.5) is 5.69 Å². The van der Waals surface area contributed by atoms with Gasteiger partial charge < -0.3 is 14.1 Å². The van der Waals surface area contributed by atoms with Gasteiger partial charge in [-0.15, -0.1) is 0 Å². The van der Waals surface area contributed by atoms with Gasteiger partial charge in [-0.1, -0.05) is 0 Å². The summed E-state index contributed by atoms with van der Waals surface area (Å²) in [4.78, 5) is 14.1. The summed E-state index contributed by atoms with van der Waals surface area (Å²) in [6.07, 6.45) is 2.13. The van der Waals surface area contributed by atoms with E-state index >= 15 is 0 Å². The molecule has 1 aliphatic rings. The number of nitriles is 1. The highest BCUT2D eigenvalue weighted by Crippen LogP contribution is 2.33. The van der Waals surface area contributed by atoms with Crippen molar-refractivity contribution in [1.82, 2.24) is 0 Å². The number of nitrogens with zero attached hydrogens (tertiary/aromatic N) is 2. The van der Waals surface area contributed by atoms with Crippen molar-refractivity contribution in [3.05, 3.63) is 34.2 Å². The Kier molecular flexibility index (Phi) is 3.53. The van der Waals surface area contributed by atoms with Crippen LogP contribution in [-0.2, 0) is 0 Å². The van der Waals surface area contributed by atoms with E-state index in [-0.39, 0.29) is 5.56 Å². The van der Waals surface area contributed by atoms with E-state index in [1.165, 1.54) is 0 Å². The smallest absolute Gasteiger partial charge is 0.356 e. The van der Waals surface area contributed by atoms with Crippen molar-refractivity contribution in [3.8, 4) is 11.8 Å². The third kappa shape index (κ3) is 2.33. The molecule has 2 aromatic rings. The first-order valence-electron chi connectivity index (χ1n) is 7.13. The summed E-state index contributed by atoms with van der Waals surface area (Å²) >= 11 is 0. The molecule has 0 radical (unpaired) electrons. The first-order chi connectivity index (χ1) is 10.2. The molecule has 0 spiro atoms. The number of hydrogen-bond donors (Lipinski definition) is 0. The standard InChI is InChI=1S/C16H16N2O3/c1-2-20-11-5-6-14-12(9-11)15(18-7-3-4-8-18)13(10-17)16(19)21-14/h5-6,9H,2-4,7-8H2,1H3. The number of benzene rings is 1. The molecule has 21 heavy (non-hydrogen) atoms. The quantitative estimate of drug-likeness (QED) is 0.811. The van der Waals surface area contributed by atoms with Crippen molar-refractivity contribution in [2.45, 2.75) is 19.8 Å². The lowest BCUT2D eigenvalue weighted by Gasteiger charge is -2.20. The zero-order chi connectivity index (χ0) is 14.8. The lowest BCUT2D eigenvalue weighted by molar-refractivity contribution is 0.340. The van der Waals surface area contributed by atoms with Gasteiger partial charge in [0.2, 0.25) is 0 Å². The van der Waals surface area contributed by atoms with Crippen molar-refractivity contribution in [2.24, 2.45) is 0 Å². The molecule has 0 atom stereocenters. The van der Waals surface area contributed by atoms with Gasteiger partial charge >= 0.3 is 5.63 Å². The van der Waals surface area contributed by atoms with Crippen LogP contribution in [0.3, 0.4) is 0 Å². The van der Waals surface area contributed by atoms with Gasteiger partial charge in [0.1, 0.15) is 17.4 Å². The second kappa shape index (κ2) is 5.49. The molecule has 2 heterocycles. The van der Waals surface area contributed by atoms with Crippen LogP contribution in [0.2, 0.25) is 0 Å². The lowest BCUT2D eigenvalue weighted by atomic mass is 10.1. The first kappa shape index (κ1) is 13.5. The molecule has 3 rings (SSSR count). The highest BCUT2D eigenvalue weighted by molar-refractivity contribution is 5.94. The average Bonchev–Trinajstić information content (AvgIpc) is 3.00. The summed E-state index contributed by atoms with van der Waals surface area (Å²) in [6.45, 7) is 4.18. The summed E-state index contributed by atoms with van der Waals surface area (Å²) in [5, 5.41) is 10.1. The molecule has 5 heteroatoms. The molecule has 5 nitrogen and oxygen atoms in total. The molecule has 1 fully saturated rings. The van der Waals surface area contributed by atoms with Gasteiger partial charge in [0, 0.05) is 18.5 Å². The second-order valence-corrected chi connectivity index (χ2v) is 5.01. The van der Waals surface area contributed by atoms with Crippen LogP contribution >= 0.6 is 0 Å². The van der Waals surface area contributed by atoms with E-state index in [0.717, 1.165) is 31.3 Å². The second-order valence-electron chi connectivity index (χ2n) is 5.01. The van der Waals surface area contributed by atoms with Crippen LogP contribution in [0, 0.1) is 11.3 Å². The van der Waals surface area contributed by atoms with Gasteiger partial charge in [-0.05, 0) is 38.0 Å². The molecule has 0 amide bonds. The van der Waals surface area contributed by atoms with Crippen molar-refractivity contribution in [1.29, 1.82) is 5.26 Å². The highest BCUT2D eigenvalue weighted by atomic mass is 16.5. The lowest BCUT2D eigenvalue weighted by Crippen LogP contribution is -2.22. The summed E-state index contributed by atoms with van der Waals surface area (Å²) < 4.78 is 10.8. The normalized spacial score (nSPS) is 14.4. The Morgan fingerprint density at radius 3 is 2.81 bits per heavy atom. The predicted octanol–water partition coefficient (Wildman–Crippen LogP) is 2.66. The molecular formula is C16H16N2O3. The molecule has 1 aliphatic heterocycles. The third-order valence-electron chi connectivity index (χ3n) is 3.69. The molecule has 108 valence electrons. The maximum atomic E-state index is 12.0. The van der Waals surface area contributed by atoms with Gasteiger partial charge in [0.05, 0.1) is 12.3 Å². The Morgan fingerprint density at radius 2 is 2.14 bits per heavy atom. The van der Waals surface area contributed by atoms with E-state index in [2.05, 4.69) is 4.90 Å². The molecule has 1 aromatic heterocycles. The fourth-order valence-corrected chi connectivity index (χ4v) is 2.79. The van der Waals surface area contributed by atoms with Crippen LogP contribution < -0.4 is 15.3 Å². The summed E-state index contributed by atoms with van der Waals surface area (Å²) in [6, 6.07) is 7.34. The highest BCUT2D eigenvalue weighted by Gasteiger charge is 2.22. The minimum Gasteiger partial charge on any atom is -0.494 e. The maximum absolute atomic E-state index is 12.0. The van der Waals surface area contributed by atoms with Crippen molar-refractivity contribution in [2.75, 3.05) is 24.6 Å². The Bertz CT molecular complexity index is 767. The Morgan fingerprint density at radius 1 is 1.38 bits per heavy atom. The van der Waals surface area contributed by atoms with E-state index in [4.69, 9.17) is 9.15 Å². The maximum Gasteiger partial charge on any atom is 0.356 e. The SMILES string of the molecule is CCOc1ccc2oc(=O)c(C#N)c(N3CCCC3)c2c1. The summed E-state index contributed by atoms with van der Waals surface area (Å²) in [5.74, 6) is 0.711. The van der Waals surface area contributed by atoms with Gasteiger partial charge in [-0.3, -0.25) is 0 Å². The van der Waals surface area contributed by atoms with E-state index in [1.54, 1.807) is 12.1 Å². The zero-order valence-corrected chi connectivity index (χ0v) is 11.9. The van der Waals surface area contributed by atoms with Crippen LogP contribution in [0.5, 0.6) is 5.75 Å². The topological polar surface area (TPSA) is 66.5 Å². The molecule has 0 N–H and O–H groups in total. The fourth-order valence-electron chi connectivity index (χ4n) is 2.79. The number of hydrogen-bond acceptors (Lipinski definition) is 5. The Balaban J connectivity index is 2.29. The van der Waals surface area contributed by atoms with Crippen molar-refractivity contribution < 1.29 is 9.15 Å². The van der Waals surface area contributed by atoms with E-state index in [0.29, 0.717) is 23.6 Å².